The van der Waals surface area contributed by atoms with Gasteiger partial charge in [-0.25, -0.2) is 0 Å². The van der Waals surface area contributed by atoms with Crippen LogP contribution in [0.3, 0.4) is 0 Å². The average molecular weight is 477 g/mol. The molecular formula is C30H45LiO4. The molecule has 0 amide bonds. The van der Waals surface area contributed by atoms with Crippen LogP contribution in [0.1, 0.15) is 106 Å². The summed E-state index contributed by atoms with van der Waals surface area (Å²) in [6, 6.07) is 0. The fourth-order valence-electron chi connectivity index (χ4n) is 10.4. The van der Waals surface area contributed by atoms with E-state index in [-0.39, 0.29) is 69.7 Å². The van der Waals surface area contributed by atoms with E-state index in [0.29, 0.717) is 18.8 Å². The summed E-state index contributed by atoms with van der Waals surface area (Å²) in [7, 11) is 0. The number of aliphatic hydroxyl groups is 1. The predicted molar refractivity (Wildman–Crippen MR) is 130 cm³/mol. The van der Waals surface area contributed by atoms with Crippen molar-refractivity contribution >= 4 is 11.8 Å². The Bertz CT molecular complexity index is 971. The van der Waals surface area contributed by atoms with E-state index in [9.17, 15) is 19.8 Å². The number of carboxylic acid groups (broad SMARTS) is 1. The first-order chi connectivity index (χ1) is 15.6. The maximum Gasteiger partial charge on any atom is 1.00 e. The van der Waals surface area contributed by atoms with Crippen molar-refractivity contribution in [3.63, 3.8) is 0 Å². The first-order valence-electron chi connectivity index (χ1n) is 13.7. The molecule has 0 bridgehead atoms. The Balaban J connectivity index is 0.00000289. The summed E-state index contributed by atoms with van der Waals surface area (Å²) in [4.78, 5) is 26.3. The first-order valence-corrected chi connectivity index (χ1v) is 13.7. The molecule has 35 heavy (non-hydrogen) atoms. The second-order valence-electron chi connectivity index (χ2n) is 14.9. The molecule has 5 aliphatic rings. The normalized spacial score (nSPS) is 52.6. The van der Waals surface area contributed by atoms with Crippen LogP contribution in [0.5, 0.6) is 0 Å². The summed E-state index contributed by atoms with van der Waals surface area (Å²) in [5, 5.41) is 23.0. The summed E-state index contributed by atoms with van der Waals surface area (Å²) in [6.45, 7) is 15.7. The molecule has 4 saturated carbocycles. The largest absolute Gasteiger partial charge is 1.00 e. The summed E-state index contributed by atoms with van der Waals surface area (Å²) < 4.78 is 0. The molecule has 4 nitrogen and oxygen atoms in total. The predicted octanol–water partition coefficient (Wildman–Crippen LogP) is 2.08. The van der Waals surface area contributed by atoms with Gasteiger partial charge in [0.05, 0.1) is 6.10 Å². The standard InChI is InChI=1S/C30H46O4.Li/c1-25(2)21-8-11-30(7)23(28(21,5)10-9-22(25)32)20(31)16-18-19-17-27(4,24(33)34)13-12-26(19,3)14-15-29(18,30)6;/h16,19,21-23,32H,8-15,17H2,1-7H3,(H,33,34);/q;+1/p-1/t19-,21-,22-,23+,26+,27-,28-,29+,30+;/m0./s1. The van der Waals surface area contributed by atoms with Crippen LogP contribution in [-0.4, -0.2) is 23.0 Å². The van der Waals surface area contributed by atoms with Gasteiger partial charge in [0.15, 0.2) is 5.78 Å². The molecule has 4 fully saturated rings. The van der Waals surface area contributed by atoms with Crippen molar-refractivity contribution in [3.05, 3.63) is 11.6 Å². The number of aliphatic carboxylic acids is 1. The van der Waals surface area contributed by atoms with Gasteiger partial charge in [-0.1, -0.05) is 54.0 Å². The maximum absolute atomic E-state index is 14.2. The first kappa shape index (κ1) is 27.5. The van der Waals surface area contributed by atoms with Gasteiger partial charge >= 0.3 is 18.9 Å². The number of allylic oxidation sites excluding steroid dienone is 2. The van der Waals surface area contributed by atoms with Crippen molar-refractivity contribution in [2.75, 3.05) is 0 Å². The minimum atomic E-state index is -0.940. The molecule has 5 rings (SSSR count). The molecule has 190 valence electrons. The number of hydrogen-bond donors (Lipinski definition) is 1. The van der Waals surface area contributed by atoms with Crippen LogP contribution in [0.15, 0.2) is 11.6 Å². The van der Waals surface area contributed by atoms with E-state index in [4.69, 9.17) is 0 Å². The SMILES string of the molecule is CC1(C)[C@@H](O)CC[C@]2(C)[C@H]3C(=O)C=C4[C@@H]5C[C@@](C)(C(=O)[O-])CC[C@]5(C)CC[C@@]4(C)[C@]3(C)CC[C@@H]12.[Li+]. The number of aliphatic hydroxyl groups excluding tert-OH is 1. The number of ketones is 1. The smallest absolute Gasteiger partial charge is 0.550 e. The number of carbonyl (C=O) groups is 2. The molecule has 0 heterocycles. The minimum Gasteiger partial charge on any atom is -0.550 e. The average Bonchev–Trinajstić information content (AvgIpc) is 2.73. The van der Waals surface area contributed by atoms with E-state index in [1.54, 1.807) is 0 Å². The topological polar surface area (TPSA) is 77.4 Å². The number of hydrogen-bond acceptors (Lipinski definition) is 4. The molecule has 0 unspecified atom stereocenters. The molecule has 0 aromatic heterocycles. The molecule has 5 aliphatic carbocycles. The van der Waals surface area contributed by atoms with Gasteiger partial charge < -0.3 is 15.0 Å². The Kier molecular flexibility index (Phi) is 6.26. The zero-order valence-corrected chi connectivity index (χ0v) is 23.4. The minimum absolute atomic E-state index is 0. The molecule has 0 radical (unpaired) electrons. The van der Waals surface area contributed by atoms with E-state index in [2.05, 4.69) is 41.5 Å². The maximum atomic E-state index is 14.2. The molecule has 5 heteroatoms. The van der Waals surface area contributed by atoms with Crippen molar-refractivity contribution in [2.24, 2.45) is 50.2 Å². The molecule has 0 aromatic rings. The van der Waals surface area contributed by atoms with E-state index in [1.165, 1.54) is 5.57 Å². The Hall–Kier alpha value is -0.563. The molecule has 0 spiro atoms. The third-order valence-electron chi connectivity index (χ3n) is 13.0. The van der Waals surface area contributed by atoms with E-state index < -0.39 is 11.4 Å². The van der Waals surface area contributed by atoms with Gasteiger partial charge in [0, 0.05) is 17.3 Å². The van der Waals surface area contributed by atoms with Crippen molar-refractivity contribution in [3.8, 4) is 0 Å². The second-order valence-corrected chi connectivity index (χ2v) is 14.9. The van der Waals surface area contributed by atoms with Gasteiger partial charge in [0.25, 0.3) is 0 Å². The second kappa shape index (κ2) is 7.97. The third kappa shape index (κ3) is 3.34. The van der Waals surface area contributed by atoms with Gasteiger partial charge in [-0.3, -0.25) is 4.79 Å². The van der Waals surface area contributed by atoms with Crippen LogP contribution in [0, 0.1) is 50.2 Å². The summed E-state index contributed by atoms with van der Waals surface area (Å²) in [6.07, 6.45) is 9.69. The Morgan fingerprint density at radius 3 is 2.20 bits per heavy atom. The Morgan fingerprint density at radius 1 is 0.943 bits per heavy atom. The summed E-state index contributed by atoms with van der Waals surface area (Å²) >= 11 is 0. The zero-order chi connectivity index (χ0) is 25.1. The van der Waals surface area contributed by atoms with E-state index >= 15 is 0 Å². The Labute approximate surface area is 224 Å². The van der Waals surface area contributed by atoms with Crippen molar-refractivity contribution < 1.29 is 38.7 Å². The molecule has 0 aliphatic heterocycles. The summed E-state index contributed by atoms with van der Waals surface area (Å²) in [5.41, 5.74) is -0.0781. The van der Waals surface area contributed by atoms with Crippen LogP contribution in [-0.2, 0) is 9.59 Å². The quantitative estimate of drug-likeness (QED) is 0.588. The van der Waals surface area contributed by atoms with Crippen LogP contribution in [0.4, 0.5) is 0 Å². The van der Waals surface area contributed by atoms with Crippen molar-refractivity contribution in [2.45, 2.75) is 112 Å². The molecule has 0 saturated heterocycles. The fourth-order valence-corrected chi connectivity index (χ4v) is 10.4. The number of fused-ring (bicyclic) bond motifs is 7. The van der Waals surface area contributed by atoms with Crippen LogP contribution in [0.25, 0.3) is 0 Å². The van der Waals surface area contributed by atoms with Crippen LogP contribution < -0.4 is 24.0 Å². The molecular weight excluding hydrogens is 431 g/mol. The van der Waals surface area contributed by atoms with Crippen LogP contribution in [0.2, 0.25) is 0 Å². The van der Waals surface area contributed by atoms with Crippen molar-refractivity contribution in [1.82, 2.24) is 0 Å². The van der Waals surface area contributed by atoms with Crippen LogP contribution >= 0.6 is 0 Å². The molecule has 1 N–H and O–H groups in total. The van der Waals surface area contributed by atoms with Gasteiger partial charge in [-0.15, -0.1) is 0 Å². The number of carbonyl (C=O) groups excluding carboxylic acids is 2. The van der Waals surface area contributed by atoms with Gasteiger partial charge in [-0.2, -0.15) is 0 Å². The van der Waals surface area contributed by atoms with E-state index in [0.717, 1.165) is 44.9 Å². The van der Waals surface area contributed by atoms with Gasteiger partial charge in [0.1, 0.15) is 0 Å². The van der Waals surface area contributed by atoms with Gasteiger partial charge in [-0.05, 0) is 103 Å². The van der Waals surface area contributed by atoms with Gasteiger partial charge in [0.2, 0.25) is 0 Å². The number of rotatable bonds is 1. The van der Waals surface area contributed by atoms with Crippen molar-refractivity contribution in [1.29, 1.82) is 0 Å². The monoisotopic (exact) mass is 476 g/mol. The summed E-state index contributed by atoms with van der Waals surface area (Å²) in [5.74, 6) is -0.266. The van der Waals surface area contributed by atoms with E-state index in [1.807, 2.05) is 13.0 Å². The molecule has 9 atom stereocenters. The number of carboxylic acids is 1. The zero-order valence-electron chi connectivity index (χ0n) is 23.4. The fraction of sp³-hybridized carbons (Fsp3) is 0.867. The third-order valence-corrected chi connectivity index (χ3v) is 13.0. The molecule has 0 aromatic carbocycles. The Morgan fingerprint density at radius 2 is 1.57 bits per heavy atom.